The quantitative estimate of drug-likeness (QED) is 0.869. The lowest BCUT2D eigenvalue weighted by atomic mass is 9.91. The molecule has 0 atom stereocenters. The highest BCUT2D eigenvalue weighted by atomic mass is 32.1. The molecule has 0 aromatic carbocycles. The molecular formula is C15H21N3OS. The number of hydrogen-bond acceptors (Lipinski definition) is 4. The Kier molecular flexibility index (Phi) is 3.65. The zero-order valence-corrected chi connectivity index (χ0v) is 12.9. The maximum atomic E-state index is 12.6. The van der Waals surface area contributed by atoms with Gasteiger partial charge in [-0.2, -0.15) is 0 Å². The van der Waals surface area contributed by atoms with Gasteiger partial charge in [0.25, 0.3) is 0 Å². The van der Waals surface area contributed by atoms with E-state index in [0.717, 1.165) is 23.7 Å². The van der Waals surface area contributed by atoms with Crippen LogP contribution < -0.4 is 0 Å². The van der Waals surface area contributed by atoms with Gasteiger partial charge >= 0.3 is 0 Å². The second-order valence-electron chi connectivity index (χ2n) is 6.03. The zero-order chi connectivity index (χ0) is 14.2. The van der Waals surface area contributed by atoms with E-state index in [2.05, 4.69) is 23.7 Å². The number of hydrogen-bond donors (Lipinski definition) is 0. The van der Waals surface area contributed by atoms with Crippen molar-refractivity contribution >= 4 is 22.1 Å². The summed E-state index contributed by atoms with van der Waals surface area (Å²) in [5.74, 6) is 0.269. The lowest BCUT2D eigenvalue weighted by Crippen LogP contribution is -2.52. The average molecular weight is 291 g/mol. The van der Waals surface area contributed by atoms with Gasteiger partial charge in [0.05, 0.1) is 17.7 Å². The third-order valence-electron chi connectivity index (χ3n) is 4.31. The number of imidazole rings is 1. The smallest absolute Gasteiger partial charge is 0.193 e. The number of rotatable bonds is 4. The molecule has 4 nitrogen and oxygen atoms in total. The summed E-state index contributed by atoms with van der Waals surface area (Å²) in [6.07, 6.45) is 8.08. The fraction of sp³-hybridized carbons (Fsp3) is 0.600. The molecule has 0 spiro atoms. The van der Waals surface area contributed by atoms with E-state index < -0.39 is 0 Å². The first-order valence-electron chi connectivity index (χ1n) is 7.27. The number of piperidine rings is 1. The van der Waals surface area contributed by atoms with Gasteiger partial charge in [-0.15, -0.1) is 11.3 Å². The average Bonchev–Trinajstić information content (AvgIpc) is 3.00. The van der Waals surface area contributed by atoms with E-state index in [1.54, 1.807) is 11.3 Å². The van der Waals surface area contributed by atoms with Crippen LogP contribution in [0.1, 0.15) is 38.8 Å². The molecule has 2 aromatic rings. The molecule has 3 heterocycles. The normalized spacial score (nSPS) is 17.7. The molecule has 2 aromatic heterocycles. The lowest BCUT2D eigenvalue weighted by molar-refractivity contribution is -0.129. The maximum absolute atomic E-state index is 12.6. The number of aromatic nitrogens is 2. The van der Waals surface area contributed by atoms with Crippen molar-refractivity contribution < 1.29 is 4.79 Å². The summed E-state index contributed by atoms with van der Waals surface area (Å²) in [6.45, 7) is 6.19. The molecule has 3 rings (SSSR count). The van der Waals surface area contributed by atoms with E-state index >= 15 is 0 Å². The van der Waals surface area contributed by atoms with Gasteiger partial charge < -0.3 is 0 Å². The maximum Gasteiger partial charge on any atom is 0.193 e. The third kappa shape index (κ3) is 2.52. The minimum atomic E-state index is -0.378. The van der Waals surface area contributed by atoms with Crippen molar-refractivity contribution in [2.75, 3.05) is 13.1 Å². The predicted molar refractivity (Wildman–Crippen MR) is 81.3 cm³/mol. The number of carbonyl (C=O) groups excluding carboxylic acids is 1. The van der Waals surface area contributed by atoms with E-state index in [1.807, 2.05) is 22.2 Å². The number of likely N-dealkylation sites (tertiary alicyclic amines) is 1. The summed E-state index contributed by atoms with van der Waals surface area (Å²) >= 11 is 1.60. The lowest BCUT2D eigenvalue weighted by Gasteiger charge is -2.39. The fourth-order valence-corrected chi connectivity index (χ4v) is 3.59. The molecular weight excluding hydrogens is 270 g/mol. The highest BCUT2D eigenvalue weighted by Crippen LogP contribution is 2.23. The first kappa shape index (κ1) is 13.8. The first-order chi connectivity index (χ1) is 9.57. The highest BCUT2D eigenvalue weighted by molar-refractivity contribution is 7.15. The molecule has 5 heteroatoms. The van der Waals surface area contributed by atoms with Gasteiger partial charge in [0.1, 0.15) is 0 Å². The Labute approximate surface area is 123 Å². The zero-order valence-electron chi connectivity index (χ0n) is 12.1. The Morgan fingerprint density at radius 2 is 2.10 bits per heavy atom. The van der Waals surface area contributed by atoms with Crippen LogP contribution >= 0.6 is 11.3 Å². The molecule has 0 unspecified atom stereocenters. The molecule has 0 saturated carbocycles. The Balaban J connectivity index is 1.72. The number of fused-ring (bicyclic) bond motifs is 1. The van der Waals surface area contributed by atoms with Gasteiger partial charge in [0, 0.05) is 17.8 Å². The molecule has 1 aliphatic heterocycles. The van der Waals surface area contributed by atoms with E-state index in [4.69, 9.17) is 0 Å². The Morgan fingerprint density at radius 3 is 2.80 bits per heavy atom. The van der Waals surface area contributed by atoms with Crippen LogP contribution in [0.3, 0.4) is 0 Å². The van der Waals surface area contributed by atoms with Crippen LogP contribution in [0.15, 0.2) is 17.8 Å². The van der Waals surface area contributed by atoms with Crippen molar-refractivity contribution in [3.8, 4) is 0 Å². The standard InChI is InChI=1S/C15H21N3OS/c1-15(2,18-6-4-3-5-7-18)13(19)10-12-11-17-8-9-20-14(17)16-12/h8-9,11H,3-7,10H2,1-2H3. The molecule has 0 bridgehead atoms. The Hall–Kier alpha value is -1.20. The van der Waals surface area contributed by atoms with E-state index in [1.165, 1.54) is 19.3 Å². The third-order valence-corrected chi connectivity index (χ3v) is 5.08. The summed E-state index contributed by atoms with van der Waals surface area (Å²) in [6, 6.07) is 0. The van der Waals surface area contributed by atoms with Gasteiger partial charge in [-0.3, -0.25) is 14.1 Å². The Morgan fingerprint density at radius 1 is 1.35 bits per heavy atom. The van der Waals surface area contributed by atoms with Crippen molar-refractivity contribution in [3.05, 3.63) is 23.5 Å². The van der Waals surface area contributed by atoms with Crippen LogP contribution in [-0.2, 0) is 11.2 Å². The van der Waals surface area contributed by atoms with E-state index in [0.29, 0.717) is 6.42 Å². The molecule has 0 N–H and O–H groups in total. The van der Waals surface area contributed by atoms with Gasteiger partial charge in [0.2, 0.25) is 0 Å². The summed E-state index contributed by atoms with van der Waals surface area (Å²) in [5.41, 5.74) is 0.504. The number of Topliss-reactive ketones (excluding diaryl/α,β-unsaturated/α-hetero) is 1. The number of thiazole rings is 1. The minimum absolute atomic E-state index is 0.269. The van der Waals surface area contributed by atoms with E-state index in [9.17, 15) is 4.79 Å². The summed E-state index contributed by atoms with van der Waals surface area (Å²) in [7, 11) is 0. The molecule has 1 saturated heterocycles. The van der Waals surface area contributed by atoms with Gasteiger partial charge in [0.15, 0.2) is 10.7 Å². The fourth-order valence-electron chi connectivity index (χ4n) is 2.87. The SMILES string of the molecule is CC(C)(C(=O)Cc1cn2ccsc2n1)N1CCCCC1. The molecule has 0 amide bonds. The molecule has 1 fully saturated rings. The van der Waals surface area contributed by atoms with Crippen LogP contribution in [-0.4, -0.2) is 38.7 Å². The molecule has 108 valence electrons. The number of ketones is 1. The van der Waals surface area contributed by atoms with Crippen LogP contribution in [0.4, 0.5) is 0 Å². The number of carbonyl (C=O) groups is 1. The predicted octanol–water partition coefficient (Wildman–Crippen LogP) is 2.77. The molecule has 0 aliphatic carbocycles. The van der Waals surface area contributed by atoms with Crippen LogP contribution in [0.2, 0.25) is 0 Å². The first-order valence-corrected chi connectivity index (χ1v) is 8.15. The van der Waals surface area contributed by atoms with E-state index in [-0.39, 0.29) is 11.3 Å². The second kappa shape index (κ2) is 5.30. The van der Waals surface area contributed by atoms with Crippen molar-refractivity contribution in [1.82, 2.24) is 14.3 Å². The molecule has 0 radical (unpaired) electrons. The van der Waals surface area contributed by atoms with Crippen molar-refractivity contribution in [2.45, 2.75) is 45.1 Å². The van der Waals surface area contributed by atoms with Crippen molar-refractivity contribution in [3.63, 3.8) is 0 Å². The Bertz CT molecular complexity index is 579. The highest BCUT2D eigenvalue weighted by Gasteiger charge is 2.34. The van der Waals surface area contributed by atoms with Crippen molar-refractivity contribution in [1.29, 1.82) is 0 Å². The number of nitrogens with zero attached hydrogens (tertiary/aromatic N) is 3. The van der Waals surface area contributed by atoms with Crippen LogP contribution in [0.5, 0.6) is 0 Å². The van der Waals surface area contributed by atoms with Gasteiger partial charge in [-0.05, 0) is 39.8 Å². The topological polar surface area (TPSA) is 37.6 Å². The van der Waals surface area contributed by atoms with Crippen LogP contribution in [0, 0.1) is 0 Å². The van der Waals surface area contributed by atoms with Gasteiger partial charge in [-0.1, -0.05) is 6.42 Å². The van der Waals surface area contributed by atoms with Crippen LogP contribution in [0.25, 0.3) is 4.96 Å². The molecule has 20 heavy (non-hydrogen) atoms. The van der Waals surface area contributed by atoms with Crippen molar-refractivity contribution in [2.24, 2.45) is 0 Å². The monoisotopic (exact) mass is 291 g/mol. The largest absolute Gasteiger partial charge is 0.297 e. The minimum Gasteiger partial charge on any atom is -0.297 e. The summed E-state index contributed by atoms with van der Waals surface area (Å²) in [5, 5.41) is 2.01. The summed E-state index contributed by atoms with van der Waals surface area (Å²) in [4.78, 5) is 20.5. The summed E-state index contributed by atoms with van der Waals surface area (Å²) < 4.78 is 1.99. The molecule has 1 aliphatic rings. The van der Waals surface area contributed by atoms with Gasteiger partial charge in [-0.25, -0.2) is 4.98 Å². The second-order valence-corrected chi connectivity index (χ2v) is 6.90.